The van der Waals surface area contributed by atoms with Crippen molar-refractivity contribution in [2.45, 2.75) is 59.5 Å². The maximum atomic E-state index is 4.20. The second kappa shape index (κ2) is 5.91. The number of nitrogens with one attached hydrogen (secondary N) is 2. The average Bonchev–Trinajstić information content (AvgIpc) is 2.54. The first-order valence-electron chi connectivity index (χ1n) is 5.92. The highest BCUT2D eigenvalue weighted by molar-refractivity contribution is 5.22. The fraction of sp³-hybridized carbons (Fsp3) is 0.750. The van der Waals surface area contributed by atoms with Crippen molar-refractivity contribution in [1.29, 1.82) is 0 Å². The molecule has 0 bridgehead atoms. The van der Waals surface area contributed by atoms with E-state index in [1.807, 2.05) is 0 Å². The predicted molar refractivity (Wildman–Crippen MR) is 63.9 cm³/mol. The lowest BCUT2D eigenvalue weighted by Crippen LogP contribution is -2.28. The zero-order chi connectivity index (χ0) is 11.3. The van der Waals surface area contributed by atoms with E-state index in [9.17, 15) is 0 Å². The molecule has 3 nitrogen and oxygen atoms in total. The molecule has 0 radical (unpaired) electrons. The van der Waals surface area contributed by atoms with E-state index in [2.05, 4.69) is 43.2 Å². The molecule has 0 aromatic carbocycles. The van der Waals surface area contributed by atoms with Crippen LogP contribution in [0.5, 0.6) is 0 Å². The molecule has 0 aliphatic carbocycles. The SMILES string of the molecule is CCCC(CC)NCc1c(C)n[nH]c1C. The van der Waals surface area contributed by atoms with Crippen molar-refractivity contribution >= 4 is 0 Å². The summed E-state index contributed by atoms with van der Waals surface area (Å²) < 4.78 is 0. The topological polar surface area (TPSA) is 40.7 Å². The molecule has 1 heterocycles. The summed E-state index contributed by atoms with van der Waals surface area (Å²) >= 11 is 0. The van der Waals surface area contributed by atoms with Crippen molar-refractivity contribution in [3.8, 4) is 0 Å². The van der Waals surface area contributed by atoms with Gasteiger partial charge in [0.15, 0.2) is 0 Å². The van der Waals surface area contributed by atoms with Crippen molar-refractivity contribution < 1.29 is 0 Å². The van der Waals surface area contributed by atoms with Crippen LogP contribution in [-0.4, -0.2) is 16.2 Å². The molecule has 2 N–H and O–H groups in total. The van der Waals surface area contributed by atoms with Gasteiger partial charge in [-0.25, -0.2) is 0 Å². The second-order valence-electron chi connectivity index (χ2n) is 4.19. The summed E-state index contributed by atoms with van der Waals surface area (Å²) in [6.07, 6.45) is 3.70. The van der Waals surface area contributed by atoms with Crippen LogP contribution in [0.25, 0.3) is 0 Å². The zero-order valence-electron chi connectivity index (χ0n) is 10.4. The highest BCUT2D eigenvalue weighted by Gasteiger charge is 2.08. The van der Waals surface area contributed by atoms with E-state index in [-0.39, 0.29) is 0 Å². The Labute approximate surface area is 92.7 Å². The molecule has 1 atom stereocenters. The largest absolute Gasteiger partial charge is 0.310 e. The second-order valence-corrected chi connectivity index (χ2v) is 4.19. The molecule has 0 aliphatic heterocycles. The molecule has 86 valence electrons. The van der Waals surface area contributed by atoms with Crippen molar-refractivity contribution in [2.24, 2.45) is 0 Å². The molecule has 1 unspecified atom stereocenters. The standard InChI is InChI=1S/C12H23N3/c1-5-7-11(6-2)13-8-12-9(3)14-15-10(12)4/h11,13H,5-8H2,1-4H3,(H,14,15). The predicted octanol–water partition coefficient (Wildman–Crippen LogP) is 2.69. The first-order chi connectivity index (χ1) is 7.19. The van der Waals surface area contributed by atoms with Gasteiger partial charge in [0.2, 0.25) is 0 Å². The highest BCUT2D eigenvalue weighted by atomic mass is 15.1. The van der Waals surface area contributed by atoms with Gasteiger partial charge in [-0.2, -0.15) is 5.10 Å². The molecule has 0 saturated heterocycles. The normalized spacial score (nSPS) is 13.1. The molecule has 15 heavy (non-hydrogen) atoms. The lowest BCUT2D eigenvalue weighted by Gasteiger charge is -2.15. The minimum atomic E-state index is 0.642. The van der Waals surface area contributed by atoms with Gasteiger partial charge in [-0.05, 0) is 26.7 Å². The van der Waals surface area contributed by atoms with E-state index in [0.29, 0.717) is 6.04 Å². The van der Waals surface area contributed by atoms with Crippen LogP contribution in [0, 0.1) is 13.8 Å². The van der Waals surface area contributed by atoms with E-state index in [1.54, 1.807) is 0 Å². The van der Waals surface area contributed by atoms with Crippen LogP contribution in [0.15, 0.2) is 0 Å². The Hall–Kier alpha value is -0.830. The Bertz CT molecular complexity index is 272. The molecule has 3 heteroatoms. The number of hydrogen-bond donors (Lipinski definition) is 2. The molecule has 1 aromatic heterocycles. The van der Waals surface area contributed by atoms with Crippen LogP contribution >= 0.6 is 0 Å². The van der Waals surface area contributed by atoms with Crippen LogP contribution in [0.3, 0.4) is 0 Å². The Morgan fingerprint density at radius 3 is 2.53 bits per heavy atom. The third-order valence-corrected chi connectivity index (χ3v) is 2.98. The van der Waals surface area contributed by atoms with Crippen LogP contribution in [0.1, 0.15) is 50.1 Å². The first kappa shape index (κ1) is 12.2. The number of nitrogens with zero attached hydrogens (tertiary/aromatic N) is 1. The van der Waals surface area contributed by atoms with Gasteiger partial charge in [-0.1, -0.05) is 20.3 Å². The summed E-state index contributed by atoms with van der Waals surface area (Å²) in [5.74, 6) is 0. The van der Waals surface area contributed by atoms with Crippen molar-refractivity contribution in [3.05, 3.63) is 17.0 Å². The molecular formula is C12H23N3. The summed E-state index contributed by atoms with van der Waals surface area (Å²) in [7, 11) is 0. The van der Waals surface area contributed by atoms with Gasteiger partial charge in [0, 0.05) is 23.8 Å². The zero-order valence-corrected chi connectivity index (χ0v) is 10.4. The summed E-state index contributed by atoms with van der Waals surface area (Å²) in [5, 5.41) is 10.8. The van der Waals surface area contributed by atoms with Crippen LogP contribution in [0.2, 0.25) is 0 Å². The smallest absolute Gasteiger partial charge is 0.0638 e. The lowest BCUT2D eigenvalue weighted by molar-refractivity contribution is 0.461. The number of aromatic nitrogens is 2. The van der Waals surface area contributed by atoms with Crippen LogP contribution < -0.4 is 5.32 Å². The summed E-state index contributed by atoms with van der Waals surface area (Å²) in [5.41, 5.74) is 3.63. The molecule has 1 rings (SSSR count). The van der Waals surface area contributed by atoms with Gasteiger partial charge >= 0.3 is 0 Å². The molecule has 0 fully saturated rings. The number of H-pyrrole nitrogens is 1. The molecule has 0 amide bonds. The number of hydrogen-bond acceptors (Lipinski definition) is 2. The fourth-order valence-corrected chi connectivity index (χ4v) is 1.88. The summed E-state index contributed by atoms with van der Waals surface area (Å²) in [6.45, 7) is 9.55. The van der Waals surface area contributed by atoms with E-state index in [1.165, 1.54) is 30.5 Å². The van der Waals surface area contributed by atoms with E-state index >= 15 is 0 Å². The van der Waals surface area contributed by atoms with Crippen LogP contribution in [-0.2, 0) is 6.54 Å². The van der Waals surface area contributed by atoms with Gasteiger partial charge in [-0.15, -0.1) is 0 Å². The molecule has 0 saturated carbocycles. The third-order valence-electron chi connectivity index (χ3n) is 2.98. The van der Waals surface area contributed by atoms with Crippen LogP contribution in [0.4, 0.5) is 0 Å². The molecule has 0 aliphatic rings. The minimum Gasteiger partial charge on any atom is -0.310 e. The van der Waals surface area contributed by atoms with Gasteiger partial charge in [-0.3, -0.25) is 5.10 Å². The Morgan fingerprint density at radius 1 is 1.33 bits per heavy atom. The quantitative estimate of drug-likeness (QED) is 0.756. The Balaban J connectivity index is 2.48. The van der Waals surface area contributed by atoms with Gasteiger partial charge in [0.25, 0.3) is 0 Å². The fourth-order valence-electron chi connectivity index (χ4n) is 1.88. The molecule has 0 spiro atoms. The maximum Gasteiger partial charge on any atom is 0.0638 e. The Morgan fingerprint density at radius 2 is 2.07 bits per heavy atom. The Kier molecular flexibility index (Phi) is 4.82. The summed E-state index contributed by atoms with van der Waals surface area (Å²) in [6, 6.07) is 0.642. The third kappa shape index (κ3) is 3.34. The number of rotatable bonds is 6. The van der Waals surface area contributed by atoms with E-state index < -0.39 is 0 Å². The summed E-state index contributed by atoms with van der Waals surface area (Å²) in [4.78, 5) is 0. The van der Waals surface area contributed by atoms with Gasteiger partial charge < -0.3 is 5.32 Å². The number of aryl methyl sites for hydroxylation is 2. The highest BCUT2D eigenvalue weighted by Crippen LogP contribution is 2.10. The van der Waals surface area contributed by atoms with Gasteiger partial charge in [0.1, 0.15) is 0 Å². The molecule has 1 aromatic rings. The van der Waals surface area contributed by atoms with E-state index in [4.69, 9.17) is 0 Å². The lowest BCUT2D eigenvalue weighted by atomic mass is 10.1. The maximum absolute atomic E-state index is 4.20. The van der Waals surface area contributed by atoms with Crippen molar-refractivity contribution in [2.75, 3.05) is 0 Å². The molecular weight excluding hydrogens is 186 g/mol. The van der Waals surface area contributed by atoms with Crippen molar-refractivity contribution in [1.82, 2.24) is 15.5 Å². The van der Waals surface area contributed by atoms with E-state index in [0.717, 1.165) is 12.2 Å². The van der Waals surface area contributed by atoms with Crippen molar-refractivity contribution in [3.63, 3.8) is 0 Å². The van der Waals surface area contributed by atoms with Gasteiger partial charge in [0.05, 0.1) is 5.69 Å². The average molecular weight is 209 g/mol. The number of aromatic amines is 1. The monoisotopic (exact) mass is 209 g/mol. The minimum absolute atomic E-state index is 0.642. The first-order valence-corrected chi connectivity index (χ1v) is 5.92.